The molecule has 1 aromatic carbocycles. The van der Waals surface area contributed by atoms with E-state index >= 15 is 0 Å². The number of anilines is 1. The molecule has 130 valence electrons. The SMILES string of the molecule is CCN(CCNC(=O)[C@H]1CCN[C@@H](C)C1)c1cccc(C)c1.Cl. The maximum absolute atomic E-state index is 12.2. The standard InChI is InChI=1S/C18H29N3O.ClH/c1-4-21(17-7-5-6-14(2)12-17)11-10-20-18(22)16-8-9-19-15(3)13-16;/h5-7,12,15-16,19H,4,8-11,13H2,1-3H3,(H,20,22);1H/t15-,16-;/m0./s1. The van der Waals surface area contributed by atoms with Gasteiger partial charge in [-0.3, -0.25) is 4.79 Å². The first kappa shape index (κ1) is 19.8. The lowest BCUT2D eigenvalue weighted by Crippen LogP contribution is -2.44. The van der Waals surface area contributed by atoms with Gasteiger partial charge in [-0.15, -0.1) is 12.4 Å². The fraction of sp³-hybridized carbons (Fsp3) is 0.611. The van der Waals surface area contributed by atoms with Crippen molar-refractivity contribution in [3.63, 3.8) is 0 Å². The lowest BCUT2D eigenvalue weighted by atomic mass is 9.92. The molecule has 1 fully saturated rings. The molecule has 5 heteroatoms. The summed E-state index contributed by atoms with van der Waals surface area (Å²) in [7, 11) is 0. The maximum Gasteiger partial charge on any atom is 0.223 e. The molecule has 2 rings (SSSR count). The second-order valence-electron chi connectivity index (χ2n) is 6.29. The van der Waals surface area contributed by atoms with Crippen molar-refractivity contribution in [3.8, 4) is 0 Å². The Labute approximate surface area is 146 Å². The van der Waals surface area contributed by atoms with Crippen LogP contribution >= 0.6 is 12.4 Å². The van der Waals surface area contributed by atoms with Gasteiger partial charge in [0.15, 0.2) is 0 Å². The number of aryl methyl sites for hydroxylation is 1. The minimum absolute atomic E-state index is 0. The van der Waals surface area contributed by atoms with Crippen molar-refractivity contribution >= 4 is 24.0 Å². The number of carbonyl (C=O) groups is 1. The zero-order valence-electron chi connectivity index (χ0n) is 14.5. The second-order valence-corrected chi connectivity index (χ2v) is 6.29. The summed E-state index contributed by atoms with van der Waals surface area (Å²) < 4.78 is 0. The topological polar surface area (TPSA) is 44.4 Å². The van der Waals surface area contributed by atoms with Crippen molar-refractivity contribution in [1.82, 2.24) is 10.6 Å². The van der Waals surface area contributed by atoms with Gasteiger partial charge in [0, 0.05) is 37.3 Å². The van der Waals surface area contributed by atoms with Crippen molar-refractivity contribution in [2.24, 2.45) is 5.92 Å². The molecule has 1 saturated heterocycles. The van der Waals surface area contributed by atoms with Gasteiger partial charge in [0.05, 0.1) is 0 Å². The summed E-state index contributed by atoms with van der Waals surface area (Å²) in [4.78, 5) is 14.6. The van der Waals surface area contributed by atoms with Crippen LogP contribution in [0.3, 0.4) is 0 Å². The number of likely N-dealkylation sites (N-methyl/N-ethyl adjacent to an activating group) is 1. The number of nitrogens with zero attached hydrogens (tertiary/aromatic N) is 1. The number of hydrogen-bond acceptors (Lipinski definition) is 3. The first-order chi connectivity index (χ1) is 10.6. The van der Waals surface area contributed by atoms with Crippen LogP contribution in [0.15, 0.2) is 24.3 Å². The van der Waals surface area contributed by atoms with E-state index in [1.807, 2.05) is 0 Å². The molecule has 4 nitrogen and oxygen atoms in total. The van der Waals surface area contributed by atoms with E-state index in [2.05, 4.69) is 60.6 Å². The van der Waals surface area contributed by atoms with Gasteiger partial charge >= 0.3 is 0 Å². The molecule has 0 unspecified atom stereocenters. The quantitative estimate of drug-likeness (QED) is 0.837. The molecule has 1 aliphatic heterocycles. The van der Waals surface area contributed by atoms with Gasteiger partial charge in [0.2, 0.25) is 5.91 Å². The van der Waals surface area contributed by atoms with Crippen LogP contribution in [0.5, 0.6) is 0 Å². The average molecular weight is 340 g/mol. The molecule has 23 heavy (non-hydrogen) atoms. The van der Waals surface area contributed by atoms with Crippen LogP contribution in [-0.2, 0) is 4.79 Å². The number of hydrogen-bond donors (Lipinski definition) is 2. The molecule has 0 aromatic heterocycles. The Morgan fingerprint density at radius 1 is 1.43 bits per heavy atom. The van der Waals surface area contributed by atoms with Crippen LogP contribution in [-0.4, -0.2) is 38.1 Å². The van der Waals surface area contributed by atoms with Crippen molar-refractivity contribution in [2.45, 2.75) is 39.7 Å². The Morgan fingerprint density at radius 3 is 2.87 bits per heavy atom. The minimum Gasteiger partial charge on any atom is -0.370 e. The lowest BCUT2D eigenvalue weighted by molar-refractivity contribution is -0.126. The normalized spacial score (nSPS) is 20.5. The van der Waals surface area contributed by atoms with Gasteiger partial charge < -0.3 is 15.5 Å². The van der Waals surface area contributed by atoms with Gasteiger partial charge in [-0.2, -0.15) is 0 Å². The van der Waals surface area contributed by atoms with Crippen molar-refractivity contribution in [1.29, 1.82) is 0 Å². The molecular weight excluding hydrogens is 310 g/mol. The summed E-state index contributed by atoms with van der Waals surface area (Å²) in [6.07, 6.45) is 1.90. The van der Waals surface area contributed by atoms with Crippen molar-refractivity contribution < 1.29 is 4.79 Å². The Bertz CT molecular complexity index is 495. The summed E-state index contributed by atoms with van der Waals surface area (Å²) >= 11 is 0. The average Bonchev–Trinajstić information content (AvgIpc) is 2.51. The van der Waals surface area contributed by atoms with Gasteiger partial charge in [-0.25, -0.2) is 0 Å². The van der Waals surface area contributed by atoms with Crippen LogP contribution < -0.4 is 15.5 Å². The lowest BCUT2D eigenvalue weighted by Gasteiger charge is -2.28. The van der Waals surface area contributed by atoms with E-state index in [0.717, 1.165) is 32.5 Å². The highest BCUT2D eigenvalue weighted by Crippen LogP contribution is 2.17. The summed E-state index contributed by atoms with van der Waals surface area (Å²) in [6, 6.07) is 8.97. The fourth-order valence-electron chi connectivity index (χ4n) is 3.12. The molecule has 0 spiro atoms. The Morgan fingerprint density at radius 2 is 2.22 bits per heavy atom. The summed E-state index contributed by atoms with van der Waals surface area (Å²) in [5.41, 5.74) is 2.50. The zero-order chi connectivity index (χ0) is 15.9. The van der Waals surface area contributed by atoms with Gasteiger partial charge in [0.1, 0.15) is 0 Å². The van der Waals surface area contributed by atoms with E-state index in [1.54, 1.807) is 0 Å². The van der Waals surface area contributed by atoms with E-state index in [0.29, 0.717) is 12.6 Å². The molecule has 2 atom stereocenters. The molecule has 0 saturated carbocycles. The molecule has 1 heterocycles. The van der Waals surface area contributed by atoms with Crippen molar-refractivity contribution in [2.75, 3.05) is 31.1 Å². The Hall–Kier alpha value is -1.26. The third-order valence-corrected chi connectivity index (χ3v) is 4.42. The number of nitrogens with one attached hydrogen (secondary N) is 2. The highest BCUT2D eigenvalue weighted by Gasteiger charge is 2.24. The van der Waals surface area contributed by atoms with Crippen LogP contribution in [0.4, 0.5) is 5.69 Å². The summed E-state index contributed by atoms with van der Waals surface area (Å²) in [6.45, 7) is 9.87. The number of piperidine rings is 1. The third-order valence-electron chi connectivity index (χ3n) is 4.42. The monoisotopic (exact) mass is 339 g/mol. The van der Waals surface area contributed by atoms with E-state index < -0.39 is 0 Å². The summed E-state index contributed by atoms with van der Waals surface area (Å²) in [5.74, 6) is 0.388. The van der Waals surface area contributed by atoms with Crippen LogP contribution in [0, 0.1) is 12.8 Å². The van der Waals surface area contributed by atoms with E-state index in [4.69, 9.17) is 0 Å². The third kappa shape index (κ3) is 6.04. The first-order valence-electron chi connectivity index (χ1n) is 8.43. The van der Waals surface area contributed by atoms with E-state index in [9.17, 15) is 4.79 Å². The van der Waals surface area contributed by atoms with Crippen LogP contribution in [0.2, 0.25) is 0 Å². The largest absolute Gasteiger partial charge is 0.370 e. The predicted molar refractivity (Wildman–Crippen MR) is 99.5 cm³/mol. The Kier molecular flexibility index (Phi) is 8.42. The first-order valence-corrected chi connectivity index (χ1v) is 8.43. The molecule has 1 aliphatic rings. The number of rotatable bonds is 6. The highest BCUT2D eigenvalue weighted by molar-refractivity contribution is 5.85. The molecule has 2 N–H and O–H groups in total. The van der Waals surface area contributed by atoms with Crippen LogP contribution in [0.25, 0.3) is 0 Å². The maximum atomic E-state index is 12.2. The highest BCUT2D eigenvalue weighted by atomic mass is 35.5. The van der Waals surface area contributed by atoms with Crippen molar-refractivity contribution in [3.05, 3.63) is 29.8 Å². The number of halogens is 1. The summed E-state index contributed by atoms with van der Waals surface area (Å²) in [5, 5.41) is 6.50. The zero-order valence-corrected chi connectivity index (χ0v) is 15.3. The number of amides is 1. The second kappa shape index (κ2) is 9.78. The number of carbonyl (C=O) groups excluding carboxylic acids is 1. The van der Waals surface area contributed by atoms with E-state index in [-0.39, 0.29) is 24.2 Å². The molecule has 0 bridgehead atoms. The Balaban J connectivity index is 0.00000264. The predicted octanol–water partition coefficient (Wildman–Crippen LogP) is 2.75. The smallest absolute Gasteiger partial charge is 0.223 e. The number of benzene rings is 1. The molecule has 1 amide bonds. The van der Waals surface area contributed by atoms with E-state index in [1.165, 1.54) is 11.3 Å². The molecule has 1 aromatic rings. The molecular formula is C18H30ClN3O. The fourth-order valence-corrected chi connectivity index (χ4v) is 3.12. The van der Waals surface area contributed by atoms with Gasteiger partial charge in [-0.05, 0) is 57.9 Å². The van der Waals surface area contributed by atoms with Gasteiger partial charge in [0.25, 0.3) is 0 Å². The minimum atomic E-state index is 0. The van der Waals surface area contributed by atoms with Crippen LogP contribution in [0.1, 0.15) is 32.3 Å². The van der Waals surface area contributed by atoms with Gasteiger partial charge in [-0.1, -0.05) is 12.1 Å². The molecule has 0 radical (unpaired) electrons. The molecule has 0 aliphatic carbocycles.